The molecule has 0 radical (unpaired) electrons. The molecule has 0 bridgehead atoms. The summed E-state index contributed by atoms with van der Waals surface area (Å²) in [5, 5.41) is 4.58. The summed E-state index contributed by atoms with van der Waals surface area (Å²) < 4.78 is 0. The van der Waals surface area contributed by atoms with Gasteiger partial charge in [-0.05, 0) is 112 Å². The van der Waals surface area contributed by atoms with E-state index in [-0.39, 0.29) is 0 Å². The molecular formula is C44H34S2. The molecule has 2 heteroatoms. The Bertz CT molecular complexity index is 2010. The van der Waals surface area contributed by atoms with Crippen molar-refractivity contribution in [1.29, 1.82) is 0 Å². The van der Waals surface area contributed by atoms with Crippen LogP contribution in [-0.2, 0) is 10.8 Å². The summed E-state index contributed by atoms with van der Waals surface area (Å²) in [4.78, 5) is 2.78. The van der Waals surface area contributed by atoms with Gasteiger partial charge in [0.05, 0.1) is 10.8 Å². The number of hydrogen-bond acceptors (Lipinski definition) is 2. The third kappa shape index (κ3) is 3.60. The highest BCUT2D eigenvalue weighted by atomic mass is 32.1. The summed E-state index contributed by atoms with van der Waals surface area (Å²) in [5.74, 6) is 0. The second-order valence-corrected chi connectivity index (χ2v) is 15.1. The van der Waals surface area contributed by atoms with Gasteiger partial charge in [-0.3, -0.25) is 0 Å². The fourth-order valence-electron chi connectivity index (χ4n) is 8.30. The highest BCUT2D eigenvalue weighted by molar-refractivity contribution is 7.14. The summed E-state index contributed by atoms with van der Waals surface area (Å²) in [6, 6.07) is 47.1. The van der Waals surface area contributed by atoms with Gasteiger partial charge in [0, 0.05) is 9.75 Å². The Kier molecular flexibility index (Phi) is 6.04. The van der Waals surface area contributed by atoms with Gasteiger partial charge < -0.3 is 0 Å². The van der Waals surface area contributed by atoms with Crippen molar-refractivity contribution in [3.8, 4) is 20.9 Å². The Hall–Kier alpha value is -4.50. The van der Waals surface area contributed by atoms with Crippen LogP contribution in [0.5, 0.6) is 0 Å². The largest absolute Gasteiger partial charge is 0.143 e. The van der Waals surface area contributed by atoms with Crippen LogP contribution in [0.2, 0.25) is 0 Å². The van der Waals surface area contributed by atoms with Crippen molar-refractivity contribution in [1.82, 2.24) is 0 Å². The van der Waals surface area contributed by atoms with Gasteiger partial charge in [-0.1, -0.05) is 125 Å². The van der Waals surface area contributed by atoms with Crippen LogP contribution in [0.4, 0.5) is 0 Å². The van der Waals surface area contributed by atoms with E-state index in [2.05, 4.69) is 160 Å². The third-order valence-electron chi connectivity index (χ3n) is 10.5. The van der Waals surface area contributed by atoms with Crippen molar-refractivity contribution < 1.29 is 0 Å². The van der Waals surface area contributed by atoms with Crippen LogP contribution in [-0.4, -0.2) is 0 Å². The lowest BCUT2D eigenvalue weighted by Crippen LogP contribution is -2.31. The van der Waals surface area contributed by atoms with Crippen LogP contribution in [0, 0.1) is 27.7 Å². The van der Waals surface area contributed by atoms with Crippen molar-refractivity contribution in [2.45, 2.75) is 38.5 Å². The molecule has 0 fully saturated rings. The van der Waals surface area contributed by atoms with E-state index in [1.54, 1.807) is 0 Å². The molecule has 9 rings (SSSR count). The van der Waals surface area contributed by atoms with Crippen LogP contribution < -0.4 is 0 Å². The molecule has 0 atom stereocenters. The molecule has 0 saturated carbocycles. The summed E-state index contributed by atoms with van der Waals surface area (Å²) in [5.41, 5.74) is 17.9. The maximum Gasteiger partial charge on any atom is 0.0722 e. The summed E-state index contributed by atoms with van der Waals surface area (Å²) in [6.45, 7) is 8.74. The predicted octanol–water partition coefficient (Wildman–Crippen LogP) is 11.8. The van der Waals surface area contributed by atoms with Crippen molar-refractivity contribution >= 4 is 22.7 Å². The van der Waals surface area contributed by atoms with Crippen LogP contribution in [0.25, 0.3) is 20.9 Å². The number of rotatable bonds is 4. The Morgan fingerprint density at radius 1 is 0.348 bits per heavy atom. The summed E-state index contributed by atoms with van der Waals surface area (Å²) in [7, 11) is 0. The minimum atomic E-state index is -0.413. The zero-order valence-corrected chi connectivity index (χ0v) is 28.2. The van der Waals surface area contributed by atoms with Crippen LogP contribution in [0.3, 0.4) is 0 Å². The van der Waals surface area contributed by atoms with Crippen LogP contribution in [0.1, 0.15) is 66.8 Å². The molecule has 0 aliphatic heterocycles. The number of benzene rings is 5. The van der Waals surface area contributed by atoms with Gasteiger partial charge in [0.15, 0.2) is 0 Å². The first-order valence-electron chi connectivity index (χ1n) is 16.1. The topological polar surface area (TPSA) is 0 Å². The maximum absolute atomic E-state index is 2.61. The fraction of sp³-hybridized carbons (Fsp3) is 0.136. The average molecular weight is 627 g/mol. The minimum absolute atomic E-state index is 0.413. The molecule has 2 aliphatic carbocycles. The van der Waals surface area contributed by atoms with Gasteiger partial charge >= 0.3 is 0 Å². The molecule has 2 aromatic heterocycles. The van der Waals surface area contributed by atoms with E-state index in [0.717, 1.165) is 0 Å². The van der Waals surface area contributed by atoms with Gasteiger partial charge in [-0.15, -0.1) is 22.7 Å². The number of fused-ring (bicyclic) bond motifs is 6. The number of hydrogen-bond donors (Lipinski definition) is 0. The van der Waals surface area contributed by atoms with E-state index >= 15 is 0 Å². The lowest BCUT2D eigenvalue weighted by atomic mass is 9.64. The smallest absolute Gasteiger partial charge is 0.0722 e. The molecule has 0 nitrogen and oxygen atoms in total. The Morgan fingerprint density at radius 2 is 0.652 bits per heavy atom. The van der Waals surface area contributed by atoms with Gasteiger partial charge in [0.1, 0.15) is 0 Å². The molecule has 7 aromatic rings. The molecule has 2 heterocycles. The second kappa shape index (κ2) is 10.00. The SMILES string of the molecule is Cc1ccc(C2(c3ccc(C)cc3)c3cc4c(cc3-c3sccc32)-c2sccc2C4(c2ccc(C)cc2)c2ccc(C)cc2)cc1. The normalized spacial score (nSPS) is 14.9. The minimum Gasteiger partial charge on any atom is -0.143 e. The van der Waals surface area contributed by atoms with E-state index < -0.39 is 10.8 Å². The fourth-order valence-corrected chi connectivity index (χ4v) is 10.3. The standard InChI is InChI=1S/C44H34S2/c1-27-5-13-31(14-6-27)43(32-15-7-28(2)8-16-32)37-21-23-45-41(37)35-25-36-40(26-39(35)43)44(38-22-24-46-42(36)38,33-17-9-29(3)10-18-33)34-19-11-30(4)12-20-34/h5-26H,1-4H3. The molecule has 222 valence electrons. The van der Waals surface area contributed by atoms with Crippen molar-refractivity contribution in [3.05, 3.63) is 199 Å². The molecule has 5 aromatic carbocycles. The maximum atomic E-state index is 2.61. The molecule has 2 aliphatic rings. The molecular weight excluding hydrogens is 593 g/mol. The van der Waals surface area contributed by atoms with Gasteiger partial charge in [0.2, 0.25) is 0 Å². The third-order valence-corrected chi connectivity index (χ3v) is 12.4. The predicted molar refractivity (Wildman–Crippen MR) is 196 cm³/mol. The Morgan fingerprint density at radius 3 is 0.957 bits per heavy atom. The average Bonchev–Trinajstić information content (AvgIpc) is 3.84. The number of thiophene rings is 2. The Balaban J connectivity index is 1.44. The lowest BCUT2D eigenvalue weighted by Gasteiger charge is -2.36. The van der Waals surface area contributed by atoms with Crippen molar-refractivity contribution in [2.75, 3.05) is 0 Å². The molecule has 0 N–H and O–H groups in total. The first-order chi connectivity index (χ1) is 22.4. The van der Waals surface area contributed by atoms with Crippen molar-refractivity contribution in [3.63, 3.8) is 0 Å². The van der Waals surface area contributed by atoms with E-state index in [1.165, 1.54) is 87.6 Å². The zero-order chi connectivity index (χ0) is 31.2. The summed E-state index contributed by atoms with van der Waals surface area (Å²) in [6.07, 6.45) is 0. The van der Waals surface area contributed by atoms with Gasteiger partial charge in [0.25, 0.3) is 0 Å². The molecule has 0 spiro atoms. The molecule has 0 amide bonds. The molecule has 46 heavy (non-hydrogen) atoms. The van der Waals surface area contributed by atoms with E-state index in [4.69, 9.17) is 0 Å². The first kappa shape index (κ1) is 27.8. The van der Waals surface area contributed by atoms with Gasteiger partial charge in [-0.2, -0.15) is 0 Å². The van der Waals surface area contributed by atoms with Crippen molar-refractivity contribution in [2.24, 2.45) is 0 Å². The summed E-state index contributed by atoms with van der Waals surface area (Å²) >= 11 is 3.76. The first-order valence-corrected chi connectivity index (χ1v) is 17.8. The quantitative estimate of drug-likeness (QED) is 0.182. The highest BCUT2D eigenvalue weighted by Crippen LogP contribution is 2.64. The second-order valence-electron chi connectivity index (χ2n) is 13.2. The number of aryl methyl sites for hydroxylation is 4. The Labute approximate surface area is 279 Å². The van der Waals surface area contributed by atoms with Crippen LogP contribution >= 0.6 is 22.7 Å². The highest BCUT2D eigenvalue weighted by Gasteiger charge is 2.52. The monoisotopic (exact) mass is 626 g/mol. The van der Waals surface area contributed by atoms with E-state index in [0.29, 0.717) is 0 Å². The zero-order valence-electron chi connectivity index (χ0n) is 26.5. The van der Waals surface area contributed by atoms with Gasteiger partial charge in [-0.25, -0.2) is 0 Å². The lowest BCUT2D eigenvalue weighted by molar-refractivity contribution is 0.745. The van der Waals surface area contributed by atoms with E-state index in [1.807, 2.05) is 22.7 Å². The molecule has 0 unspecified atom stereocenters. The van der Waals surface area contributed by atoms with E-state index in [9.17, 15) is 0 Å². The van der Waals surface area contributed by atoms with Crippen LogP contribution in [0.15, 0.2) is 132 Å². The molecule has 0 saturated heterocycles.